The van der Waals surface area contributed by atoms with Gasteiger partial charge in [0.05, 0.1) is 17.4 Å². The maximum Gasteiger partial charge on any atom is 0.174 e. The molecular weight excluding hydrogens is 466 g/mol. The zero-order valence-electron chi connectivity index (χ0n) is 23.1. The maximum atomic E-state index is 12.7. The second kappa shape index (κ2) is 14.3. The van der Waals surface area contributed by atoms with Crippen molar-refractivity contribution in [2.45, 2.75) is 92.0 Å². The highest BCUT2D eigenvalue weighted by Gasteiger charge is 2.33. The van der Waals surface area contributed by atoms with Gasteiger partial charge in [0.1, 0.15) is 0 Å². The second-order valence-electron chi connectivity index (χ2n) is 10.3. The molecule has 1 N–H and O–H groups in total. The first kappa shape index (κ1) is 29.7. The fourth-order valence-corrected chi connectivity index (χ4v) is 5.91. The van der Waals surface area contributed by atoms with Crippen LogP contribution in [0.25, 0.3) is 11.8 Å². The molecule has 1 heterocycles. The van der Waals surface area contributed by atoms with Crippen LogP contribution in [0, 0.1) is 17.2 Å². The summed E-state index contributed by atoms with van der Waals surface area (Å²) in [7, 11) is -1.13. The van der Waals surface area contributed by atoms with Crippen LogP contribution < -0.4 is 10.6 Å². The van der Waals surface area contributed by atoms with Crippen molar-refractivity contribution >= 4 is 21.6 Å². The van der Waals surface area contributed by atoms with Crippen molar-refractivity contribution in [1.29, 1.82) is 5.26 Å². The van der Waals surface area contributed by atoms with Crippen LogP contribution in [0.15, 0.2) is 46.5 Å². The predicted octanol–water partition coefficient (Wildman–Crippen LogP) is 5.73. The van der Waals surface area contributed by atoms with Gasteiger partial charge in [-0.2, -0.15) is 5.26 Å². The molecule has 0 atom stereocenters. The molecule has 0 unspecified atom stereocenters. The van der Waals surface area contributed by atoms with E-state index in [1.54, 1.807) is 13.0 Å². The maximum absolute atomic E-state index is 12.7. The smallest absolute Gasteiger partial charge is 0.174 e. The summed E-state index contributed by atoms with van der Waals surface area (Å²) < 4.78 is 25.5. The lowest BCUT2D eigenvalue weighted by atomic mass is 9.76. The quantitative estimate of drug-likeness (QED) is 0.271. The van der Waals surface area contributed by atoms with Gasteiger partial charge in [-0.3, -0.25) is 0 Å². The summed E-state index contributed by atoms with van der Waals surface area (Å²) >= 11 is 0. The third-order valence-electron chi connectivity index (χ3n) is 7.05. The van der Waals surface area contributed by atoms with Crippen molar-refractivity contribution in [2.75, 3.05) is 12.8 Å². The molecule has 0 saturated heterocycles. The molecule has 5 nitrogen and oxygen atoms in total. The average molecular weight is 512 g/mol. The van der Waals surface area contributed by atoms with E-state index in [4.69, 9.17) is 0 Å². The monoisotopic (exact) mass is 511 g/mol. The summed E-state index contributed by atoms with van der Waals surface area (Å²) in [6.45, 7) is 9.87. The Morgan fingerprint density at radius 1 is 1.19 bits per heavy atom. The van der Waals surface area contributed by atoms with Crippen molar-refractivity contribution in [3.63, 3.8) is 0 Å². The highest BCUT2D eigenvalue weighted by atomic mass is 32.2. The van der Waals surface area contributed by atoms with Crippen LogP contribution in [0.3, 0.4) is 0 Å². The molecule has 6 heteroatoms. The van der Waals surface area contributed by atoms with Gasteiger partial charge in [-0.1, -0.05) is 38.0 Å². The fraction of sp³-hybridized carbons (Fsp3) is 0.567. The lowest BCUT2D eigenvalue weighted by molar-refractivity contribution is 0.137. The van der Waals surface area contributed by atoms with Crippen LogP contribution in [0.5, 0.6) is 0 Å². The van der Waals surface area contributed by atoms with Gasteiger partial charge in [0.2, 0.25) is 0 Å². The molecule has 0 bridgehead atoms. The number of nitrogens with one attached hydrogen (secondary N) is 1. The van der Waals surface area contributed by atoms with Gasteiger partial charge in [-0.15, -0.1) is 0 Å². The highest BCUT2D eigenvalue weighted by molar-refractivity contribution is 7.95. The first-order valence-corrected chi connectivity index (χ1v) is 15.0. The molecule has 36 heavy (non-hydrogen) atoms. The second-order valence-corrected chi connectivity index (χ2v) is 12.5. The van der Waals surface area contributed by atoms with E-state index in [0.29, 0.717) is 24.0 Å². The first-order chi connectivity index (χ1) is 17.1. The number of nitriles is 1. The Labute approximate surface area is 218 Å². The largest absolute Gasteiger partial charge is 0.374 e. The topological polar surface area (TPSA) is 77.0 Å². The molecule has 0 radical (unpaired) electrons. The minimum Gasteiger partial charge on any atom is -0.374 e. The summed E-state index contributed by atoms with van der Waals surface area (Å²) in [6.07, 6.45) is 17.5. The van der Waals surface area contributed by atoms with Crippen LogP contribution in [0.1, 0.15) is 86.0 Å². The van der Waals surface area contributed by atoms with Gasteiger partial charge in [-0.05, 0) is 89.9 Å². The third-order valence-corrected chi connectivity index (χ3v) is 8.97. The Kier molecular flexibility index (Phi) is 11.8. The van der Waals surface area contributed by atoms with Gasteiger partial charge >= 0.3 is 0 Å². The zero-order valence-corrected chi connectivity index (χ0v) is 23.9. The Morgan fingerprint density at radius 2 is 1.92 bits per heavy atom. The van der Waals surface area contributed by atoms with Crippen molar-refractivity contribution in [3.05, 3.63) is 57.1 Å². The van der Waals surface area contributed by atoms with Gasteiger partial charge in [0.25, 0.3) is 0 Å². The number of nitrogens with zero attached hydrogens (tertiary/aromatic N) is 2. The van der Waals surface area contributed by atoms with Crippen LogP contribution in [-0.4, -0.2) is 37.1 Å². The van der Waals surface area contributed by atoms with E-state index < -0.39 is 9.84 Å². The molecule has 1 aliphatic rings. The number of sulfone groups is 1. The molecule has 198 valence electrons. The van der Waals surface area contributed by atoms with Gasteiger partial charge in [0, 0.05) is 40.5 Å². The highest BCUT2D eigenvalue weighted by Crippen LogP contribution is 2.37. The molecule has 0 spiro atoms. The number of H-pyrrole nitrogens is 1. The number of aromatic nitrogens is 1. The summed E-state index contributed by atoms with van der Waals surface area (Å²) in [5.41, 5.74) is 2.84. The molecule has 0 amide bonds. The van der Waals surface area contributed by atoms with E-state index in [-0.39, 0.29) is 10.7 Å². The van der Waals surface area contributed by atoms with Crippen molar-refractivity contribution in [2.24, 2.45) is 5.92 Å². The summed E-state index contributed by atoms with van der Waals surface area (Å²) in [5.74, 6) is 0.714. The van der Waals surface area contributed by atoms with E-state index in [2.05, 4.69) is 49.0 Å². The van der Waals surface area contributed by atoms with Crippen LogP contribution in [0.4, 0.5) is 0 Å². The van der Waals surface area contributed by atoms with Gasteiger partial charge in [-0.25, -0.2) is 8.42 Å². The van der Waals surface area contributed by atoms with Crippen molar-refractivity contribution in [1.82, 2.24) is 9.88 Å². The molecule has 1 fully saturated rings. The standard InChI is InChI=1S/C30H45N3O2S/c1-7-9-13-30(28-16-17-32-29(28)11-8-2)33(6)27-20-25(21-27)12-10-18-36(34,35)24(5)19-26(22-31)15-14-23(3)4/h11,14-17,19,25,27,32H,7-10,12-13,18,20-21H2,1-6H3/b24-19+,26-15+,29-11-,30-28+/t25-,27+. The predicted molar refractivity (Wildman–Crippen MR) is 152 cm³/mol. The van der Waals surface area contributed by atoms with Gasteiger partial charge in [0.15, 0.2) is 9.84 Å². The van der Waals surface area contributed by atoms with Crippen LogP contribution in [0.2, 0.25) is 0 Å². The Morgan fingerprint density at radius 3 is 2.53 bits per heavy atom. The van der Waals surface area contributed by atoms with E-state index in [0.717, 1.165) is 37.7 Å². The van der Waals surface area contributed by atoms with Crippen molar-refractivity contribution < 1.29 is 8.42 Å². The molecular formula is C30H45N3O2S. The molecule has 0 aromatic carbocycles. The van der Waals surface area contributed by atoms with Crippen LogP contribution in [-0.2, 0) is 9.84 Å². The van der Waals surface area contributed by atoms with Crippen molar-refractivity contribution in [3.8, 4) is 6.07 Å². The van der Waals surface area contributed by atoms with E-state index in [1.165, 1.54) is 35.2 Å². The Balaban J connectivity index is 1.97. The van der Waals surface area contributed by atoms with E-state index in [1.807, 2.05) is 26.1 Å². The summed E-state index contributed by atoms with van der Waals surface area (Å²) in [6, 6.07) is 4.79. The van der Waals surface area contributed by atoms with E-state index >= 15 is 0 Å². The number of hydrogen-bond acceptors (Lipinski definition) is 4. The van der Waals surface area contributed by atoms with Gasteiger partial charge < -0.3 is 9.88 Å². The first-order valence-electron chi connectivity index (χ1n) is 13.4. The van der Waals surface area contributed by atoms with E-state index in [9.17, 15) is 13.7 Å². The third kappa shape index (κ3) is 8.55. The minimum atomic E-state index is -3.35. The summed E-state index contributed by atoms with van der Waals surface area (Å²) in [4.78, 5) is 6.14. The SMILES string of the molecule is CC/C=c1\[nH]cc\c1=C(\CCCC)N(C)[C@H]1C[C@@H](CCCS(=O)(=O)/C(C)=C/C(C#N)=C\C=C(C)C)C1. The average Bonchev–Trinajstić information content (AvgIpc) is 3.26. The number of rotatable bonds is 13. The molecule has 1 aliphatic carbocycles. The number of aromatic amines is 1. The molecule has 0 aliphatic heterocycles. The number of unbranched alkanes of at least 4 members (excludes halogenated alkanes) is 1. The Bertz CT molecular complexity index is 1220. The lowest BCUT2D eigenvalue weighted by Gasteiger charge is -2.43. The fourth-order valence-electron chi connectivity index (χ4n) is 4.73. The molecule has 1 aromatic rings. The summed E-state index contributed by atoms with van der Waals surface area (Å²) in [5, 5.41) is 11.8. The van der Waals surface area contributed by atoms with Crippen LogP contribution >= 0.6 is 0 Å². The normalized spacial score (nSPS) is 20.0. The molecule has 2 rings (SSSR count). The number of allylic oxidation sites excluding steroid dienone is 6. The zero-order chi connectivity index (χ0) is 26.7. The number of hydrogen-bond donors (Lipinski definition) is 1. The molecule has 1 aromatic heterocycles. The molecule has 1 saturated carbocycles. The Hall–Kier alpha value is -2.52. The lowest BCUT2D eigenvalue weighted by Crippen LogP contribution is -2.44. The minimum absolute atomic E-state index is 0.140.